The smallest absolute Gasteiger partial charge is 0.337 e. The summed E-state index contributed by atoms with van der Waals surface area (Å²) in [5.74, 6) is -3.68. The second-order valence-corrected chi connectivity index (χ2v) is 4.94. The van der Waals surface area contributed by atoms with Gasteiger partial charge in [0.15, 0.2) is 11.6 Å². The summed E-state index contributed by atoms with van der Waals surface area (Å²) in [6, 6.07) is 0.624. The summed E-state index contributed by atoms with van der Waals surface area (Å²) in [4.78, 5) is 24.3. The Bertz CT molecular complexity index is 549. The molecule has 0 heterocycles. The zero-order valence-electron chi connectivity index (χ0n) is 12.1. The number of hydrogen-bond acceptors (Lipinski definition) is 2. The minimum Gasteiger partial charge on any atom is -0.478 e. The van der Waals surface area contributed by atoms with E-state index in [0.29, 0.717) is 18.7 Å². The molecule has 116 valence electrons. The molecule has 1 atom stereocenters. The van der Waals surface area contributed by atoms with Crippen molar-refractivity contribution in [1.29, 1.82) is 0 Å². The van der Waals surface area contributed by atoms with E-state index in [9.17, 15) is 18.4 Å². The van der Waals surface area contributed by atoms with E-state index in [2.05, 4.69) is 5.32 Å². The molecule has 1 unspecified atom stereocenters. The Kier molecular flexibility index (Phi) is 5.63. The van der Waals surface area contributed by atoms with Gasteiger partial charge in [-0.1, -0.05) is 20.3 Å². The number of aromatic carboxylic acids is 1. The molecule has 0 aliphatic heterocycles. The number of halogens is 2. The van der Waals surface area contributed by atoms with Crippen molar-refractivity contribution < 1.29 is 23.5 Å². The molecule has 0 bridgehead atoms. The van der Waals surface area contributed by atoms with Gasteiger partial charge in [0.2, 0.25) is 0 Å². The lowest BCUT2D eigenvalue weighted by Gasteiger charge is -2.21. The van der Waals surface area contributed by atoms with Crippen molar-refractivity contribution in [3.05, 3.63) is 29.3 Å². The maximum Gasteiger partial charge on any atom is 0.337 e. The molecule has 21 heavy (non-hydrogen) atoms. The summed E-state index contributed by atoms with van der Waals surface area (Å²) >= 11 is 0. The molecule has 5 nitrogen and oxygen atoms in total. The lowest BCUT2D eigenvalue weighted by atomic mass is 10.1. The van der Waals surface area contributed by atoms with Gasteiger partial charge in [-0.2, -0.15) is 0 Å². The van der Waals surface area contributed by atoms with Crippen LogP contribution in [0.25, 0.3) is 0 Å². The molecule has 0 radical (unpaired) electrons. The van der Waals surface area contributed by atoms with Crippen molar-refractivity contribution in [2.75, 3.05) is 18.9 Å². The number of nitrogens with one attached hydrogen (secondary N) is 1. The second-order valence-electron chi connectivity index (χ2n) is 4.94. The van der Waals surface area contributed by atoms with Gasteiger partial charge in [-0.25, -0.2) is 18.4 Å². The summed E-state index contributed by atoms with van der Waals surface area (Å²) in [7, 11) is 1.54. The largest absolute Gasteiger partial charge is 0.478 e. The van der Waals surface area contributed by atoms with Crippen LogP contribution < -0.4 is 5.32 Å². The van der Waals surface area contributed by atoms with Gasteiger partial charge >= 0.3 is 12.0 Å². The number of amides is 2. The molecule has 1 aromatic rings. The van der Waals surface area contributed by atoms with Crippen molar-refractivity contribution in [3.8, 4) is 0 Å². The molecule has 1 rings (SSSR count). The summed E-state index contributed by atoms with van der Waals surface area (Å²) in [6.07, 6.45) is 0.878. The number of carboxylic acid groups (broad SMARTS) is 1. The normalized spacial score (nSPS) is 11.9. The van der Waals surface area contributed by atoms with Crippen LogP contribution in [-0.4, -0.2) is 35.6 Å². The monoisotopic (exact) mass is 300 g/mol. The molecule has 0 fully saturated rings. The Labute approximate surface area is 121 Å². The molecule has 1 aromatic carbocycles. The second kappa shape index (κ2) is 7.01. The van der Waals surface area contributed by atoms with Crippen molar-refractivity contribution in [1.82, 2.24) is 4.90 Å². The molecular weight excluding hydrogens is 282 g/mol. The zero-order valence-corrected chi connectivity index (χ0v) is 12.1. The number of hydrogen-bond donors (Lipinski definition) is 2. The predicted molar refractivity (Wildman–Crippen MR) is 74.4 cm³/mol. The fraction of sp³-hybridized carbons (Fsp3) is 0.429. The van der Waals surface area contributed by atoms with Crippen molar-refractivity contribution in [3.63, 3.8) is 0 Å². The number of anilines is 1. The fourth-order valence-corrected chi connectivity index (χ4v) is 1.72. The van der Waals surface area contributed by atoms with Crippen molar-refractivity contribution in [2.24, 2.45) is 5.92 Å². The van der Waals surface area contributed by atoms with Crippen LogP contribution in [-0.2, 0) is 0 Å². The topological polar surface area (TPSA) is 69.6 Å². The highest BCUT2D eigenvalue weighted by Crippen LogP contribution is 2.20. The van der Waals surface area contributed by atoms with Crippen LogP contribution in [0.2, 0.25) is 0 Å². The van der Waals surface area contributed by atoms with Crippen LogP contribution in [0.3, 0.4) is 0 Å². The summed E-state index contributed by atoms with van der Waals surface area (Å²) in [5.41, 5.74) is -0.776. The quantitative estimate of drug-likeness (QED) is 0.877. The van der Waals surface area contributed by atoms with Gasteiger partial charge in [0, 0.05) is 19.7 Å². The van der Waals surface area contributed by atoms with Crippen molar-refractivity contribution >= 4 is 17.7 Å². The highest BCUT2D eigenvalue weighted by molar-refractivity contribution is 6.00. The molecule has 7 heteroatoms. The van der Waals surface area contributed by atoms with Crippen LogP contribution in [0.4, 0.5) is 19.3 Å². The molecule has 2 amide bonds. The van der Waals surface area contributed by atoms with E-state index in [0.717, 1.165) is 6.42 Å². The highest BCUT2D eigenvalue weighted by atomic mass is 19.2. The average molecular weight is 300 g/mol. The standard InChI is InChI=1S/C14H18F2N2O3/c1-4-8(2)7-18(3)14(21)17-12-6-11(16)10(15)5-9(12)13(19)20/h5-6,8H,4,7H2,1-3H3,(H,17,21)(H,19,20). The average Bonchev–Trinajstić information content (AvgIpc) is 2.41. The first-order valence-electron chi connectivity index (χ1n) is 6.50. The number of carbonyl (C=O) groups is 2. The third-order valence-electron chi connectivity index (χ3n) is 3.16. The first-order chi connectivity index (χ1) is 9.76. The number of urea groups is 1. The van der Waals surface area contributed by atoms with Gasteiger partial charge in [0.25, 0.3) is 0 Å². The Morgan fingerprint density at radius 2 is 1.90 bits per heavy atom. The molecule has 0 aliphatic rings. The van der Waals surface area contributed by atoms with Crippen LogP contribution in [0, 0.1) is 17.6 Å². The molecule has 0 aliphatic carbocycles. The van der Waals surface area contributed by atoms with Gasteiger partial charge in [0.1, 0.15) is 0 Å². The predicted octanol–water partition coefficient (Wildman–Crippen LogP) is 3.17. The fourth-order valence-electron chi connectivity index (χ4n) is 1.72. The maximum atomic E-state index is 13.2. The van der Waals surface area contributed by atoms with E-state index in [1.165, 1.54) is 4.90 Å². The van der Waals surface area contributed by atoms with E-state index in [4.69, 9.17) is 5.11 Å². The Morgan fingerprint density at radius 1 is 1.33 bits per heavy atom. The Balaban J connectivity index is 2.94. The number of nitrogens with zero attached hydrogens (tertiary/aromatic N) is 1. The van der Waals surface area contributed by atoms with Gasteiger partial charge < -0.3 is 15.3 Å². The third-order valence-corrected chi connectivity index (χ3v) is 3.16. The number of benzene rings is 1. The lowest BCUT2D eigenvalue weighted by Crippen LogP contribution is -2.35. The van der Waals surface area contributed by atoms with Crippen LogP contribution in [0.1, 0.15) is 30.6 Å². The number of carbonyl (C=O) groups excluding carboxylic acids is 1. The van der Waals surface area contributed by atoms with Gasteiger partial charge in [-0.3, -0.25) is 0 Å². The molecule has 2 N–H and O–H groups in total. The number of rotatable bonds is 5. The van der Waals surface area contributed by atoms with E-state index in [1.807, 2.05) is 13.8 Å². The van der Waals surface area contributed by atoms with Gasteiger partial charge in [0.05, 0.1) is 11.3 Å². The van der Waals surface area contributed by atoms with Gasteiger partial charge in [-0.05, 0) is 12.0 Å². The Morgan fingerprint density at radius 3 is 2.43 bits per heavy atom. The molecular formula is C14H18F2N2O3. The summed E-state index contributed by atoms with van der Waals surface area (Å²) in [6.45, 7) is 4.41. The lowest BCUT2D eigenvalue weighted by molar-refractivity contribution is 0.0697. The van der Waals surface area contributed by atoms with Crippen LogP contribution in [0.15, 0.2) is 12.1 Å². The van der Waals surface area contributed by atoms with Gasteiger partial charge in [-0.15, -0.1) is 0 Å². The minimum absolute atomic E-state index is 0.268. The van der Waals surface area contributed by atoms with Crippen LogP contribution >= 0.6 is 0 Å². The first kappa shape index (κ1) is 16.9. The SMILES string of the molecule is CCC(C)CN(C)C(=O)Nc1cc(F)c(F)cc1C(=O)O. The highest BCUT2D eigenvalue weighted by Gasteiger charge is 2.19. The van der Waals surface area contributed by atoms with Crippen LogP contribution in [0.5, 0.6) is 0 Å². The summed E-state index contributed by atoms with van der Waals surface area (Å²) in [5, 5.41) is 11.3. The minimum atomic E-state index is -1.45. The van der Waals surface area contributed by atoms with Crippen molar-refractivity contribution in [2.45, 2.75) is 20.3 Å². The Hall–Kier alpha value is -2.18. The molecule has 0 saturated heterocycles. The molecule has 0 saturated carbocycles. The number of carboxylic acids is 1. The molecule has 0 aromatic heterocycles. The summed E-state index contributed by atoms with van der Waals surface area (Å²) < 4.78 is 26.3. The van der Waals surface area contributed by atoms with E-state index >= 15 is 0 Å². The first-order valence-corrected chi connectivity index (χ1v) is 6.50. The van der Waals surface area contributed by atoms with E-state index in [1.54, 1.807) is 7.05 Å². The maximum absolute atomic E-state index is 13.2. The third kappa shape index (κ3) is 4.40. The zero-order chi connectivity index (χ0) is 16.2. The van der Waals surface area contributed by atoms with E-state index < -0.39 is 29.2 Å². The van der Waals surface area contributed by atoms with E-state index in [-0.39, 0.29) is 11.6 Å². The molecule has 0 spiro atoms.